The Bertz CT molecular complexity index is 732. The highest BCUT2D eigenvalue weighted by Crippen LogP contribution is 2.26. The maximum atomic E-state index is 13.4. The van der Waals surface area contributed by atoms with Crippen LogP contribution in [-0.4, -0.2) is 21.0 Å². The highest BCUT2D eigenvalue weighted by molar-refractivity contribution is 5.92. The fraction of sp³-hybridized carbons (Fsp3) is 0.0769. The zero-order valence-electron chi connectivity index (χ0n) is 10.7. The van der Waals surface area contributed by atoms with E-state index in [9.17, 15) is 19.3 Å². The van der Waals surface area contributed by atoms with E-state index in [0.29, 0.717) is 5.56 Å². The number of benzene rings is 1. The summed E-state index contributed by atoms with van der Waals surface area (Å²) in [6, 6.07) is 4.98. The summed E-state index contributed by atoms with van der Waals surface area (Å²) in [4.78, 5) is 24.5. The minimum absolute atomic E-state index is 0.107. The van der Waals surface area contributed by atoms with Crippen LogP contribution < -0.4 is 4.74 Å². The Morgan fingerprint density at radius 1 is 1.43 bits per heavy atom. The quantitative estimate of drug-likeness (QED) is 0.686. The summed E-state index contributed by atoms with van der Waals surface area (Å²) < 4.78 is 18.6. The molecule has 8 heteroatoms. The van der Waals surface area contributed by atoms with Gasteiger partial charge in [-0.25, -0.2) is 14.2 Å². The van der Waals surface area contributed by atoms with E-state index in [2.05, 4.69) is 4.98 Å². The van der Waals surface area contributed by atoms with Crippen molar-refractivity contribution in [1.82, 2.24) is 4.98 Å². The summed E-state index contributed by atoms with van der Waals surface area (Å²) in [5, 5.41) is 19.6. The van der Waals surface area contributed by atoms with Crippen LogP contribution in [0.4, 0.5) is 10.1 Å². The third-order valence-electron chi connectivity index (χ3n) is 2.65. The molecule has 1 aromatic heterocycles. The van der Waals surface area contributed by atoms with Gasteiger partial charge in [0.25, 0.3) is 0 Å². The summed E-state index contributed by atoms with van der Waals surface area (Å²) in [5.74, 6) is -2.05. The molecular formula is C13H9FN2O5. The van der Waals surface area contributed by atoms with Crippen LogP contribution in [-0.2, 0) is 0 Å². The minimum Gasteiger partial charge on any atom is -0.477 e. The van der Waals surface area contributed by atoms with Gasteiger partial charge in [0, 0.05) is 12.1 Å². The van der Waals surface area contributed by atoms with E-state index in [1.165, 1.54) is 12.1 Å². The number of pyridine rings is 1. The van der Waals surface area contributed by atoms with Crippen molar-refractivity contribution in [2.45, 2.75) is 6.92 Å². The van der Waals surface area contributed by atoms with Gasteiger partial charge in [-0.1, -0.05) is 6.07 Å². The topological polar surface area (TPSA) is 103 Å². The van der Waals surface area contributed by atoms with E-state index in [1.54, 1.807) is 6.92 Å². The maximum absolute atomic E-state index is 13.4. The molecular weight excluding hydrogens is 283 g/mol. The first-order valence-electron chi connectivity index (χ1n) is 5.70. The molecule has 0 aliphatic heterocycles. The summed E-state index contributed by atoms with van der Waals surface area (Å²) in [6.07, 6.45) is 0.781. The van der Waals surface area contributed by atoms with Gasteiger partial charge in [0.15, 0.2) is 0 Å². The molecule has 0 bridgehead atoms. The number of aryl methyl sites for hydroxylation is 1. The minimum atomic E-state index is -1.48. The molecule has 0 aliphatic rings. The van der Waals surface area contributed by atoms with Crippen LogP contribution in [0.15, 0.2) is 30.5 Å². The molecule has 2 aromatic rings. The van der Waals surface area contributed by atoms with E-state index >= 15 is 0 Å². The van der Waals surface area contributed by atoms with Crippen LogP contribution in [0.25, 0.3) is 0 Å². The summed E-state index contributed by atoms with van der Waals surface area (Å²) in [6.45, 7) is 1.58. The number of nitrogens with zero attached hydrogens (tertiary/aromatic N) is 2. The molecule has 0 saturated heterocycles. The van der Waals surface area contributed by atoms with Gasteiger partial charge in [0.05, 0.1) is 4.92 Å². The molecule has 1 heterocycles. The van der Waals surface area contributed by atoms with E-state index in [4.69, 9.17) is 9.84 Å². The Balaban J connectivity index is 2.36. The molecule has 7 nitrogen and oxygen atoms in total. The number of carboxylic acids is 1. The highest BCUT2D eigenvalue weighted by atomic mass is 19.1. The number of aromatic nitrogens is 1. The molecule has 2 rings (SSSR count). The predicted octanol–water partition coefficient (Wildman–Crippen LogP) is 2.93. The normalized spacial score (nSPS) is 10.2. The molecule has 0 saturated carbocycles. The van der Waals surface area contributed by atoms with Gasteiger partial charge in [-0.15, -0.1) is 0 Å². The smallest absolute Gasteiger partial charge is 0.342 e. The second kappa shape index (κ2) is 5.53. The van der Waals surface area contributed by atoms with Crippen molar-refractivity contribution < 1.29 is 24.0 Å². The van der Waals surface area contributed by atoms with Gasteiger partial charge in [-0.05, 0) is 18.6 Å². The molecule has 0 unspecified atom stereocenters. The van der Waals surface area contributed by atoms with Crippen molar-refractivity contribution >= 4 is 11.7 Å². The Morgan fingerprint density at radius 3 is 2.71 bits per heavy atom. The Morgan fingerprint density at radius 2 is 2.14 bits per heavy atom. The van der Waals surface area contributed by atoms with Crippen LogP contribution >= 0.6 is 0 Å². The number of hydrogen-bond donors (Lipinski definition) is 1. The van der Waals surface area contributed by atoms with Crippen molar-refractivity contribution in [1.29, 1.82) is 0 Å². The van der Waals surface area contributed by atoms with Crippen LogP contribution in [0.5, 0.6) is 11.6 Å². The standard InChI is InChI=1S/C13H9FN2O5/c1-7-2-3-8(4-10(7)14)21-12-5-9(13(17)18)11(6-15-12)16(19)20/h2-6H,1H3,(H,17,18). The Kier molecular flexibility index (Phi) is 3.79. The van der Waals surface area contributed by atoms with Crippen LogP contribution in [0.3, 0.4) is 0 Å². The molecule has 0 atom stereocenters. The van der Waals surface area contributed by atoms with Gasteiger partial charge in [-0.3, -0.25) is 10.1 Å². The monoisotopic (exact) mass is 292 g/mol. The van der Waals surface area contributed by atoms with Crippen molar-refractivity contribution in [3.05, 3.63) is 57.5 Å². The molecule has 1 aromatic carbocycles. The number of rotatable bonds is 4. The van der Waals surface area contributed by atoms with Gasteiger partial charge in [0.1, 0.15) is 23.3 Å². The van der Waals surface area contributed by atoms with Crippen LogP contribution in [0.1, 0.15) is 15.9 Å². The zero-order chi connectivity index (χ0) is 15.6. The first-order chi connectivity index (χ1) is 9.88. The van der Waals surface area contributed by atoms with E-state index in [-0.39, 0.29) is 11.6 Å². The third-order valence-corrected chi connectivity index (χ3v) is 2.65. The lowest BCUT2D eigenvalue weighted by molar-refractivity contribution is -0.385. The summed E-state index contributed by atoms with van der Waals surface area (Å²) in [5.41, 5.74) is -0.784. The largest absolute Gasteiger partial charge is 0.477 e. The number of carbonyl (C=O) groups is 1. The fourth-order valence-corrected chi connectivity index (χ4v) is 1.56. The van der Waals surface area contributed by atoms with Crippen molar-refractivity contribution in [3.63, 3.8) is 0 Å². The second-order valence-electron chi connectivity index (χ2n) is 4.12. The Labute approximate surface area is 117 Å². The van der Waals surface area contributed by atoms with Crippen LogP contribution in [0.2, 0.25) is 0 Å². The molecule has 0 aliphatic carbocycles. The molecule has 0 radical (unpaired) electrons. The fourth-order valence-electron chi connectivity index (χ4n) is 1.56. The number of hydrogen-bond acceptors (Lipinski definition) is 5. The van der Waals surface area contributed by atoms with Gasteiger partial charge in [0.2, 0.25) is 5.88 Å². The first-order valence-corrected chi connectivity index (χ1v) is 5.70. The van der Waals surface area contributed by atoms with Crippen molar-refractivity contribution in [2.75, 3.05) is 0 Å². The zero-order valence-corrected chi connectivity index (χ0v) is 10.7. The average molecular weight is 292 g/mol. The molecule has 1 N–H and O–H groups in total. The van der Waals surface area contributed by atoms with Crippen molar-refractivity contribution in [2.24, 2.45) is 0 Å². The van der Waals surface area contributed by atoms with E-state index in [0.717, 1.165) is 18.3 Å². The van der Waals surface area contributed by atoms with Crippen LogP contribution in [0, 0.1) is 22.9 Å². The number of halogens is 1. The lowest BCUT2D eigenvalue weighted by Gasteiger charge is -2.06. The summed E-state index contributed by atoms with van der Waals surface area (Å²) >= 11 is 0. The lowest BCUT2D eigenvalue weighted by atomic mass is 10.2. The Hall–Kier alpha value is -3.03. The number of carboxylic acid groups (broad SMARTS) is 1. The average Bonchev–Trinajstić information content (AvgIpc) is 2.42. The molecule has 108 valence electrons. The van der Waals surface area contributed by atoms with Gasteiger partial charge >= 0.3 is 11.7 Å². The molecule has 0 spiro atoms. The summed E-state index contributed by atoms with van der Waals surface area (Å²) in [7, 11) is 0. The number of aromatic carboxylic acids is 1. The van der Waals surface area contributed by atoms with Gasteiger partial charge < -0.3 is 9.84 Å². The maximum Gasteiger partial charge on any atom is 0.342 e. The van der Waals surface area contributed by atoms with Gasteiger partial charge in [-0.2, -0.15) is 0 Å². The third kappa shape index (κ3) is 3.11. The number of ether oxygens (including phenoxy) is 1. The molecule has 0 fully saturated rings. The SMILES string of the molecule is Cc1ccc(Oc2cc(C(=O)O)c([N+](=O)[O-])cn2)cc1F. The highest BCUT2D eigenvalue weighted by Gasteiger charge is 2.21. The molecule has 0 amide bonds. The van der Waals surface area contributed by atoms with E-state index < -0.39 is 28.0 Å². The number of nitro groups is 1. The lowest BCUT2D eigenvalue weighted by Crippen LogP contribution is -2.04. The first kappa shape index (κ1) is 14.4. The molecule has 21 heavy (non-hydrogen) atoms. The van der Waals surface area contributed by atoms with E-state index in [1.807, 2.05) is 0 Å². The van der Waals surface area contributed by atoms with Crippen molar-refractivity contribution in [3.8, 4) is 11.6 Å². The predicted molar refractivity (Wildman–Crippen MR) is 69.1 cm³/mol. The second-order valence-corrected chi connectivity index (χ2v) is 4.12.